The third kappa shape index (κ3) is 3.42. The number of amides is 1. The van der Waals surface area contributed by atoms with Crippen molar-refractivity contribution in [1.82, 2.24) is 15.1 Å². The minimum atomic E-state index is -0.652. The molecule has 3 N–H and O–H groups in total. The van der Waals surface area contributed by atoms with Crippen molar-refractivity contribution in [2.24, 2.45) is 5.73 Å². The van der Waals surface area contributed by atoms with Crippen LogP contribution in [0.5, 0.6) is 0 Å². The normalized spacial score (nSPS) is 12.3. The summed E-state index contributed by atoms with van der Waals surface area (Å²) in [5.74, 6) is -0.847. The van der Waals surface area contributed by atoms with Crippen LogP contribution in [-0.2, 0) is 17.9 Å². The third-order valence-corrected chi connectivity index (χ3v) is 3.01. The van der Waals surface area contributed by atoms with Crippen LogP contribution in [-0.4, -0.2) is 15.7 Å². The number of benzene rings is 1. The topological polar surface area (TPSA) is 72.9 Å². The molecule has 0 aliphatic carbocycles. The first-order chi connectivity index (χ1) is 9.60. The molecule has 0 spiro atoms. The predicted octanol–water partition coefficient (Wildman–Crippen LogP) is 1.36. The zero-order valence-corrected chi connectivity index (χ0v) is 11.2. The molecule has 0 aliphatic heterocycles. The van der Waals surface area contributed by atoms with Crippen molar-refractivity contribution in [3.8, 4) is 0 Å². The first-order valence-electron chi connectivity index (χ1n) is 6.39. The summed E-state index contributed by atoms with van der Waals surface area (Å²) >= 11 is 0. The smallest absolute Gasteiger partial charge is 0.239 e. The molecule has 0 aliphatic rings. The molecule has 6 heteroatoms. The number of hydrogen-bond donors (Lipinski definition) is 2. The van der Waals surface area contributed by atoms with Crippen molar-refractivity contribution in [3.63, 3.8) is 0 Å². The lowest BCUT2D eigenvalue weighted by molar-refractivity contribution is -0.120. The zero-order chi connectivity index (χ0) is 14.5. The van der Waals surface area contributed by atoms with Gasteiger partial charge in [-0.25, -0.2) is 4.39 Å². The van der Waals surface area contributed by atoms with Gasteiger partial charge < -0.3 is 5.73 Å². The van der Waals surface area contributed by atoms with E-state index < -0.39 is 11.9 Å². The van der Waals surface area contributed by atoms with Gasteiger partial charge in [0.05, 0.1) is 6.20 Å². The number of carbonyl (C=O) groups is 1. The van der Waals surface area contributed by atoms with Gasteiger partial charge in [0.15, 0.2) is 0 Å². The summed E-state index contributed by atoms with van der Waals surface area (Å²) in [6, 6.07) is 5.06. The Labute approximate surface area is 116 Å². The molecule has 0 radical (unpaired) electrons. The van der Waals surface area contributed by atoms with Crippen LogP contribution < -0.4 is 11.1 Å². The highest BCUT2D eigenvalue weighted by Gasteiger charge is 2.17. The van der Waals surface area contributed by atoms with Gasteiger partial charge in [0.25, 0.3) is 0 Å². The van der Waals surface area contributed by atoms with E-state index in [-0.39, 0.29) is 5.82 Å². The van der Waals surface area contributed by atoms with Crippen molar-refractivity contribution in [2.45, 2.75) is 26.1 Å². The Morgan fingerprint density at radius 3 is 2.70 bits per heavy atom. The van der Waals surface area contributed by atoms with E-state index in [4.69, 9.17) is 5.73 Å². The summed E-state index contributed by atoms with van der Waals surface area (Å²) in [5, 5.41) is 7.21. The summed E-state index contributed by atoms with van der Waals surface area (Å²) in [6.45, 7) is 3.25. The second-order valence-electron chi connectivity index (χ2n) is 4.47. The van der Waals surface area contributed by atoms with Crippen LogP contribution in [0.15, 0.2) is 36.7 Å². The van der Waals surface area contributed by atoms with Crippen LogP contribution >= 0.6 is 0 Å². The van der Waals surface area contributed by atoms with E-state index in [1.165, 1.54) is 12.1 Å². The van der Waals surface area contributed by atoms with E-state index in [1.54, 1.807) is 23.0 Å². The molecule has 2 rings (SSSR count). The van der Waals surface area contributed by atoms with E-state index in [2.05, 4.69) is 10.4 Å². The Hall–Kier alpha value is -2.21. The monoisotopic (exact) mass is 276 g/mol. The van der Waals surface area contributed by atoms with Crippen LogP contribution in [0.1, 0.15) is 24.1 Å². The largest absolute Gasteiger partial charge is 0.368 e. The minimum Gasteiger partial charge on any atom is -0.368 e. The lowest BCUT2D eigenvalue weighted by atomic mass is 10.1. The number of hydrogen-bond acceptors (Lipinski definition) is 3. The number of nitrogens with two attached hydrogens (primary N) is 1. The number of nitrogens with zero attached hydrogens (tertiary/aromatic N) is 2. The van der Waals surface area contributed by atoms with Gasteiger partial charge in [0, 0.05) is 24.8 Å². The van der Waals surface area contributed by atoms with Crippen LogP contribution in [0.3, 0.4) is 0 Å². The van der Waals surface area contributed by atoms with Gasteiger partial charge in [-0.3, -0.25) is 14.8 Å². The van der Waals surface area contributed by atoms with Gasteiger partial charge in [-0.1, -0.05) is 12.1 Å². The Morgan fingerprint density at radius 1 is 1.45 bits per heavy atom. The van der Waals surface area contributed by atoms with Gasteiger partial charge >= 0.3 is 0 Å². The number of halogens is 1. The van der Waals surface area contributed by atoms with Crippen molar-refractivity contribution >= 4 is 5.91 Å². The molecule has 0 bridgehead atoms. The van der Waals surface area contributed by atoms with Gasteiger partial charge in [-0.2, -0.15) is 5.10 Å². The van der Waals surface area contributed by atoms with Gasteiger partial charge in [-0.15, -0.1) is 0 Å². The molecule has 0 saturated carbocycles. The maximum absolute atomic E-state index is 12.9. The molecule has 1 heterocycles. The highest BCUT2D eigenvalue weighted by atomic mass is 19.1. The van der Waals surface area contributed by atoms with Crippen LogP contribution in [0.2, 0.25) is 0 Å². The number of aryl methyl sites for hydroxylation is 1. The van der Waals surface area contributed by atoms with Crippen molar-refractivity contribution in [1.29, 1.82) is 0 Å². The molecule has 20 heavy (non-hydrogen) atoms. The van der Waals surface area contributed by atoms with E-state index in [1.807, 2.05) is 13.1 Å². The number of primary amides is 1. The quantitative estimate of drug-likeness (QED) is 0.836. The average molecular weight is 276 g/mol. The van der Waals surface area contributed by atoms with E-state index >= 15 is 0 Å². The third-order valence-electron chi connectivity index (χ3n) is 3.01. The van der Waals surface area contributed by atoms with Crippen molar-refractivity contribution < 1.29 is 9.18 Å². The molecule has 106 valence electrons. The fourth-order valence-electron chi connectivity index (χ4n) is 1.93. The SMILES string of the molecule is CCn1cc(CNC(C(N)=O)c2ccc(F)cc2)cn1. The summed E-state index contributed by atoms with van der Waals surface area (Å²) < 4.78 is 14.7. The first kappa shape index (κ1) is 14.2. The summed E-state index contributed by atoms with van der Waals surface area (Å²) in [7, 11) is 0. The van der Waals surface area contributed by atoms with Gasteiger partial charge in [0.1, 0.15) is 11.9 Å². The summed E-state index contributed by atoms with van der Waals surface area (Å²) in [4.78, 5) is 11.5. The van der Waals surface area contributed by atoms with Crippen molar-refractivity contribution in [2.75, 3.05) is 0 Å². The maximum Gasteiger partial charge on any atom is 0.239 e. The lowest BCUT2D eigenvalue weighted by Crippen LogP contribution is -2.33. The number of nitrogens with one attached hydrogen (secondary N) is 1. The Morgan fingerprint density at radius 2 is 2.15 bits per heavy atom. The summed E-state index contributed by atoms with van der Waals surface area (Å²) in [5.41, 5.74) is 6.99. The minimum absolute atomic E-state index is 0.346. The molecule has 1 aromatic heterocycles. The predicted molar refractivity (Wildman–Crippen MR) is 73.1 cm³/mol. The molecular formula is C14H17FN4O. The molecule has 1 atom stereocenters. The Bertz CT molecular complexity index is 579. The Balaban J connectivity index is 2.06. The molecule has 2 aromatic rings. The molecule has 0 saturated heterocycles. The number of aromatic nitrogens is 2. The fraction of sp³-hybridized carbons (Fsp3) is 0.286. The molecule has 1 unspecified atom stereocenters. The first-order valence-corrected chi connectivity index (χ1v) is 6.39. The summed E-state index contributed by atoms with van der Waals surface area (Å²) in [6.07, 6.45) is 3.63. The lowest BCUT2D eigenvalue weighted by Gasteiger charge is -2.15. The second kappa shape index (κ2) is 6.29. The average Bonchev–Trinajstić information content (AvgIpc) is 2.88. The van der Waals surface area contributed by atoms with Crippen LogP contribution in [0.4, 0.5) is 4.39 Å². The fourth-order valence-corrected chi connectivity index (χ4v) is 1.93. The highest BCUT2D eigenvalue weighted by molar-refractivity contribution is 5.81. The van der Waals surface area contributed by atoms with Crippen LogP contribution in [0, 0.1) is 5.82 Å². The van der Waals surface area contributed by atoms with E-state index in [9.17, 15) is 9.18 Å². The zero-order valence-electron chi connectivity index (χ0n) is 11.2. The number of rotatable bonds is 6. The molecule has 1 aromatic carbocycles. The second-order valence-corrected chi connectivity index (χ2v) is 4.47. The number of carbonyl (C=O) groups excluding carboxylic acids is 1. The molecular weight excluding hydrogens is 259 g/mol. The maximum atomic E-state index is 12.9. The van der Waals surface area contributed by atoms with Crippen molar-refractivity contribution in [3.05, 3.63) is 53.6 Å². The Kier molecular flexibility index (Phi) is 4.47. The molecule has 5 nitrogen and oxygen atoms in total. The van der Waals surface area contributed by atoms with Gasteiger partial charge in [-0.05, 0) is 24.6 Å². The van der Waals surface area contributed by atoms with E-state index in [0.29, 0.717) is 12.1 Å². The van der Waals surface area contributed by atoms with E-state index in [0.717, 1.165) is 12.1 Å². The highest BCUT2D eigenvalue weighted by Crippen LogP contribution is 2.14. The van der Waals surface area contributed by atoms with Gasteiger partial charge in [0.2, 0.25) is 5.91 Å². The standard InChI is InChI=1S/C14H17FN4O/c1-2-19-9-10(8-18-19)7-17-13(14(16)20)11-3-5-12(15)6-4-11/h3-6,8-9,13,17H,2,7H2,1H3,(H2,16,20). The molecule has 1 amide bonds. The molecule has 0 fully saturated rings. The van der Waals surface area contributed by atoms with Crippen LogP contribution in [0.25, 0.3) is 0 Å².